The lowest BCUT2D eigenvalue weighted by molar-refractivity contribution is 0.0956. The minimum atomic E-state index is 0.00972. The fourth-order valence-corrected chi connectivity index (χ4v) is 2.57. The van der Waals surface area contributed by atoms with Crippen LogP contribution in [0, 0.1) is 0 Å². The van der Waals surface area contributed by atoms with Gasteiger partial charge >= 0.3 is 0 Å². The third-order valence-corrected chi connectivity index (χ3v) is 3.50. The predicted octanol–water partition coefficient (Wildman–Crippen LogP) is 2.72. The van der Waals surface area contributed by atoms with Crippen LogP contribution in [0.25, 0.3) is 0 Å². The van der Waals surface area contributed by atoms with Gasteiger partial charge in [0.25, 0.3) is 5.91 Å². The van der Waals surface area contributed by atoms with Crippen LogP contribution in [0.1, 0.15) is 27.5 Å². The van der Waals surface area contributed by atoms with Crippen molar-refractivity contribution in [1.82, 2.24) is 5.32 Å². The molecule has 2 aromatic carbocycles. The van der Waals surface area contributed by atoms with E-state index in [1.165, 1.54) is 0 Å². The van der Waals surface area contributed by atoms with Crippen LogP contribution in [0.3, 0.4) is 0 Å². The second kappa shape index (κ2) is 4.76. The Morgan fingerprint density at radius 1 is 1.11 bits per heavy atom. The summed E-state index contributed by atoms with van der Waals surface area (Å²) in [7, 11) is 1.67. The first kappa shape index (κ1) is 11.8. The largest absolute Gasteiger partial charge is 0.496 e. The van der Waals surface area contributed by atoms with Crippen LogP contribution in [0.15, 0.2) is 48.5 Å². The minimum Gasteiger partial charge on any atom is -0.496 e. The number of ether oxygens (including phenoxy) is 1. The van der Waals surface area contributed by atoms with Gasteiger partial charge in [-0.25, -0.2) is 0 Å². The van der Waals surface area contributed by atoms with E-state index >= 15 is 0 Å². The summed E-state index contributed by atoms with van der Waals surface area (Å²) in [5, 5.41) is 3.02. The van der Waals surface area contributed by atoms with Crippen molar-refractivity contribution in [3.63, 3.8) is 0 Å². The Morgan fingerprint density at radius 2 is 1.84 bits per heavy atom. The molecule has 96 valence electrons. The van der Waals surface area contributed by atoms with Gasteiger partial charge in [0.1, 0.15) is 5.75 Å². The summed E-state index contributed by atoms with van der Waals surface area (Å²) in [5.41, 5.74) is 2.95. The van der Waals surface area contributed by atoms with Crippen molar-refractivity contribution >= 4 is 5.91 Å². The molecule has 0 spiro atoms. The Hall–Kier alpha value is -2.29. The van der Waals surface area contributed by atoms with E-state index in [1.54, 1.807) is 7.11 Å². The van der Waals surface area contributed by atoms with E-state index in [4.69, 9.17) is 4.74 Å². The standard InChI is InChI=1S/C16H15NO2/c1-19-15-9-5-2-6-11(15)10-14-12-7-3-4-8-13(12)16(18)17-14/h2-9,14H,10H2,1H3,(H,17,18). The lowest BCUT2D eigenvalue weighted by atomic mass is 9.98. The first-order chi connectivity index (χ1) is 9.29. The quantitative estimate of drug-likeness (QED) is 0.913. The minimum absolute atomic E-state index is 0.00972. The Morgan fingerprint density at radius 3 is 2.68 bits per heavy atom. The summed E-state index contributed by atoms with van der Waals surface area (Å²) >= 11 is 0. The summed E-state index contributed by atoms with van der Waals surface area (Å²) in [5.74, 6) is 0.872. The van der Waals surface area contributed by atoms with Crippen molar-refractivity contribution in [3.05, 3.63) is 65.2 Å². The third kappa shape index (κ3) is 2.08. The normalized spacial score (nSPS) is 16.9. The van der Waals surface area contributed by atoms with Crippen molar-refractivity contribution in [2.24, 2.45) is 0 Å². The number of carbonyl (C=O) groups excluding carboxylic acids is 1. The lowest BCUT2D eigenvalue weighted by Crippen LogP contribution is -2.20. The molecule has 19 heavy (non-hydrogen) atoms. The van der Waals surface area contributed by atoms with Gasteiger partial charge in [0.2, 0.25) is 0 Å². The zero-order valence-electron chi connectivity index (χ0n) is 10.7. The summed E-state index contributed by atoms with van der Waals surface area (Å²) in [6, 6.07) is 15.7. The second-order valence-electron chi connectivity index (χ2n) is 4.63. The Kier molecular flexibility index (Phi) is 2.95. The molecule has 0 aliphatic carbocycles. The van der Waals surface area contributed by atoms with Crippen LogP contribution in [-0.4, -0.2) is 13.0 Å². The maximum absolute atomic E-state index is 11.9. The number of carbonyl (C=O) groups is 1. The Labute approximate surface area is 112 Å². The molecule has 0 radical (unpaired) electrons. The Balaban J connectivity index is 1.91. The van der Waals surface area contributed by atoms with Gasteiger partial charge in [0.05, 0.1) is 13.2 Å². The summed E-state index contributed by atoms with van der Waals surface area (Å²) in [4.78, 5) is 11.9. The van der Waals surface area contributed by atoms with E-state index in [2.05, 4.69) is 5.32 Å². The van der Waals surface area contributed by atoms with Gasteiger partial charge in [-0.1, -0.05) is 36.4 Å². The molecular formula is C16H15NO2. The average molecular weight is 253 g/mol. The number of methoxy groups -OCH3 is 1. The lowest BCUT2D eigenvalue weighted by Gasteiger charge is -2.14. The maximum atomic E-state index is 11.9. The molecule has 0 saturated heterocycles. The molecule has 1 unspecified atom stereocenters. The van der Waals surface area contributed by atoms with Gasteiger partial charge in [0.15, 0.2) is 0 Å². The predicted molar refractivity (Wildman–Crippen MR) is 73.3 cm³/mol. The number of amides is 1. The molecule has 3 rings (SSSR count). The molecule has 1 aliphatic rings. The van der Waals surface area contributed by atoms with Crippen LogP contribution >= 0.6 is 0 Å². The SMILES string of the molecule is COc1ccccc1CC1NC(=O)c2ccccc21. The second-order valence-corrected chi connectivity index (χ2v) is 4.63. The molecule has 0 bridgehead atoms. The fraction of sp³-hybridized carbons (Fsp3) is 0.188. The molecule has 0 aromatic heterocycles. The van der Waals surface area contributed by atoms with E-state index in [9.17, 15) is 4.79 Å². The molecule has 2 aromatic rings. The topological polar surface area (TPSA) is 38.3 Å². The molecule has 1 heterocycles. The molecular weight excluding hydrogens is 238 g/mol. The van der Waals surface area contributed by atoms with E-state index in [1.807, 2.05) is 48.5 Å². The van der Waals surface area contributed by atoms with Crippen LogP contribution in [0.2, 0.25) is 0 Å². The number of hydrogen-bond acceptors (Lipinski definition) is 2. The number of para-hydroxylation sites is 1. The van der Waals surface area contributed by atoms with Gasteiger partial charge in [-0.05, 0) is 23.3 Å². The van der Waals surface area contributed by atoms with Crippen molar-refractivity contribution in [3.8, 4) is 5.75 Å². The zero-order valence-corrected chi connectivity index (χ0v) is 10.7. The monoisotopic (exact) mass is 253 g/mol. The van der Waals surface area contributed by atoms with Gasteiger partial charge in [-0.3, -0.25) is 4.79 Å². The summed E-state index contributed by atoms with van der Waals surface area (Å²) in [6.07, 6.45) is 0.743. The molecule has 1 amide bonds. The number of rotatable bonds is 3. The van der Waals surface area contributed by atoms with E-state index in [0.717, 1.165) is 28.9 Å². The fourth-order valence-electron chi connectivity index (χ4n) is 2.57. The van der Waals surface area contributed by atoms with Gasteiger partial charge in [-0.15, -0.1) is 0 Å². The molecule has 1 atom stereocenters. The highest BCUT2D eigenvalue weighted by atomic mass is 16.5. The van der Waals surface area contributed by atoms with Crippen molar-refractivity contribution in [2.75, 3.05) is 7.11 Å². The molecule has 3 nitrogen and oxygen atoms in total. The van der Waals surface area contributed by atoms with Gasteiger partial charge in [-0.2, -0.15) is 0 Å². The number of fused-ring (bicyclic) bond motifs is 1. The highest BCUT2D eigenvalue weighted by molar-refractivity contribution is 5.99. The van der Waals surface area contributed by atoms with Crippen LogP contribution in [0.4, 0.5) is 0 Å². The first-order valence-corrected chi connectivity index (χ1v) is 6.31. The van der Waals surface area contributed by atoms with Crippen molar-refractivity contribution in [2.45, 2.75) is 12.5 Å². The van der Waals surface area contributed by atoms with Crippen molar-refractivity contribution in [1.29, 1.82) is 0 Å². The van der Waals surface area contributed by atoms with E-state index in [-0.39, 0.29) is 11.9 Å². The highest BCUT2D eigenvalue weighted by Gasteiger charge is 2.28. The molecule has 0 fully saturated rings. The summed E-state index contributed by atoms with van der Waals surface area (Å²) in [6.45, 7) is 0. The number of benzene rings is 2. The van der Waals surface area contributed by atoms with Gasteiger partial charge in [0, 0.05) is 12.0 Å². The smallest absolute Gasteiger partial charge is 0.252 e. The summed E-state index contributed by atoms with van der Waals surface area (Å²) < 4.78 is 5.36. The van der Waals surface area contributed by atoms with E-state index < -0.39 is 0 Å². The maximum Gasteiger partial charge on any atom is 0.252 e. The molecule has 0 saturated carbocycles. The first-order valence-electron chi connectivity index (χ1n) is 6.31. The third-order valence-electron chi connectivity index (χ3n) is 3.50. The zero-order chi connectivity index (χ0) is 13.2. The molecule has 3 heteroatoms. The van der Waals surface area contributed by atoms with Crippen LogP contribution in [0.5, 0.6) is 5.75 Å². The van der Waals surface area contributed by atoms with Crippen LogP contribution < -0.4 is 10.1 Å². The Bertz CT molecular complexity index is 622. The van der Waals surface area contributed by atoms with Crippen molar-refractivity contribution < 1.29 is 9.53 Å². The van der Waals surface area contributed by atoms with E-state index in [0.29, 0.717) is 0 Å². The van der Waals surface area contributed by atoms with Gasteiger partial charge < -0.3 is 10.1 Å². The highest BCUT2D eigenvalue weighted by Crippen LogP contribution is 2.30. The average Bonchev–Trinajstić information content (AvgIpc) is 2.77. The molecule has 1 N–H and O–H groups in total. The number of hydrogen-bond donors (Lipinski definition) is 1. The molecule has 1 aliphatic heterocycles. The number of nitrogens with one attached hydrogen (secondary N) is 1. The van der Waals surface area contributed by atoms with Crippen LogP contribution in [-0.2, 0) is 6.42 Å².